The topological polar surface area (TPSA) is 155 Å². The normalized spacial score (nSPS) is 17.7. The molecular formula is C58H66F2N10O4. The lowest BCUT2D eigenvalue weighted by Gasteiger charge is -2.45. The molecule has 2 saturated heterocycles. The first kappa shape index (κ1) is 50.4. The number of piperazine rings is 2. The minimum Gasteiger partial charge on any atom is -0.486 e. The molecule has 1 unspecified atom stereocenters. The molecule has 2 fully saturated rings. The van der Waals surface area contributed by atoms with Crippen molar-refractivity contribution in [2.75, 3.05) is 56.1 Å². The van der Waals surface area contributed by atoms with Crippen LogP contribution in [0.5, 0.6) is 11.5 Å². The summed E-state index contributed by atoms with van der Waals surface area (Å²) in [6.45, 7) is 24.1. The first-order valence-electron chi connectivity index (χ1n) is 26.1. The van der Waals surface area contributed by atoms with E-state index in [1.54, 1.807) is 36.4 Å². The van der Waals surface area contributed by atoms with E-state index in [1.807, 2.05) is 69.7 Å². The summed E-state index contributed by atoms with van der Waals surface area (Å²) in [4.78, 5) is 45.2. The average Bonchev–Trinajstić information content (AvgIpc) is 3.94. The molecule has 6 heterocycles. The molecule has 0 amide bonds. The molecule has 8 aromatic rings. The summed E-state index contributed by atoms with van der Waals surface area (Å²) in [6.07, 6.45) is 0.301. The van der Waals surface area contributed by atoms with Crippen LogP contribution in [0.3, 0.4) is 0 Å². The van der Waals surface area contributed by atoms with E-state index in [1.165, 1.54) is 0 Å². The quantitative estimate of drug-likeness (QED) is 0.121. The van der Waals surface area contributed by atoms with Crippen LogP contribution >= 0.6 is 0 Å². The minimum absolute atomic E-state index is 0.0263. The van der Waals surface area contributed by atoms with Gasteiger partial charge in [0.15, 0.2) is 23.1 Å². The van der Waals surface area contributed by atoms with E-state index in [4.69, 9.17) is 9.47 Å². The molecule has 0 aliphatic carbocycles. The van der Waals surface area contributed by atoms with Crippen molar-refractivity contribution in [2.45, 2.75) is 124 Å². The average molecular weight is 1010 g/mol. The van der Waals surface area contributed by atoms with Crippen molar-refractivity contribution in [3.8, 4) is 23.6 Å². The molecule has 2 aliphatic heterocycles. The molecule has 4 aromatic heterocycles. The van der Waals surface area contributed by atoms with Gasteiger partial charge in [0.25, 0.3) is 0 Å². The Morgan fingerprint density at radius 2 is 1.14 bits per heavy atom. The van der Waals surface area contributed by atoms with Gasteiger partial charge in [-0.3, -0.25) is 19.4 Å². The zero-order valence-electron chi connectivity index (χ0n) is 44.3. The fraction of sp³-hybridized carbons (Fsp3) is 0.448. The van der Waals surface area contributed by atoms with Crippen molar-refractivity contribution in [3.05, 3.63) is 91.7 Å². The monoisotopic (exact) mass is 1000 g/mol. The van der Waals surface area contributed by atoms with Gasteiger partial charge in [-0.25, -0.2) is 8.78 Å². The van der Waals surface area contributed by atoms with Crippen LogP contribution in [0.4, 0.5) is 20.2 Å². The summed E-state index contributed by atoms with van der Waals surface area (Å²) in [5, 5.41) is 21.2. The van der Waals surface area contributed by atoms with Gasteiger partial charge in [-0.2, -0.15) is 10.5 Å². The molecular weight excluding hydrogens is 939 g/mol. The molecule has 16 heteroatoms. The van der Waals surface area contributed by atoms with Crippen LogP contribution in [-0.4, -0.2) is 106 Å². The van der Waals surface area contributed by atoms with Gasteiger partial charge in [-0.05, 0) is 126 Å². The number of fused-ring (bicyclic) bond motifs is 8. The maximum atomic E-state index is 17.9. The number of nitrogens with zero attached hydrogens (tertiary/aromatic N) is 8. The van der Waals surface area contributed by atoms with E-state index in [0.717, 1.165) is 13.1 Å². The van der Waals surface area contributed by atoms with Crippen LogP contribution in [0, 0.1) is 34.3 Å². The van der Waals surface area contributed by atoms with E-state index >= 15 is 8.78 Å². The third-order valence-electron chi connectivity index (χ3n) is 15.6. The summed E-state index contributed by atoms with van der Waals surface area (Å²) >= 11 is 0. The van der Waals surface area contributed by atoms with Crippen LogP contribution in [0.2, 0.25) is 0 Å². The number of anilines is 2. The maximum absolute atomic E-state index is 17.9. The highest BCUT2D eigenvalue weighted by atomic mass is 19.1. The summed E-state index contributed by atoms with van der Waals surface area (Å²) < 4.78 is 52.5. The first-order chi connectivity index (χ1) is 35.3. The number of rotatable bonds is 12. The molecule has 0 spiro atoms. The van der Waals surface area contributed by atoms with Crippen molar-refractivity contribution in [1.29, 1.82) is 10.5 Å². The van der Waals surface area contributed by atoms with Gasteiger partial charge in [0.05, 0.1) is 79.4 Å². The lowest BCUT2D eigenvalue weighted by molar-refractivity contribution is 0.127. The number of ether oxygens (including phenoxy) is 2. The number of benzene rings is 4. The highest BCUT2D eigenvalue weighted by Gasteiger charge is 2.35. The van der Waals surface area contributed by atoms with Gasteiger partial charge >= 0.3 is 0 Å². The third kappa shape index (κ3) is 8.36. The number of pyridine rings is 2. The SMILES string of the molecule is CC(C)Oc1c(N2C[C@@H](CCC(C)Oc3c(N4CCN(C(C)C)CC4)cc4c(c3F)c(=O)c3c5ccc(C#N)cc5[nH]c3n4C(C)C)N(C)[C@@H](C)C2)cc2c(c1F)c(=O)c1c3ccc(C#N)cc3[nH]c1n2C(C)C. The highest BCUT2D eigenvalue weighted by molar-refractivity contribution is 6.12. The molecule has 386 valence electrons. The molecule has 4 aromatic carbocycles. The van der Waals surface area contributed by atoms with E-state index in [-0.39, 0.29) is 46.4 Å². The lowest BCUT2D eigenvalue weighted by atomic mass is 10.00. The van der Waals surface area contributed by atoms with E-state index in [2.05, 4.69) is 69.5 Å². The Morgan fingerprint density at radius 1 is 0.649 bits per heavy atom. The fourth-order valence-corrected chi connectivity index (χ4v) is 11.8. The Balaban J connectivity index is 1.02. The minimum atomic E-state index is -0.710. The van der Waals surface area contributed by atoms with E-state index < -0.39 is 34.7 Å². The van der Waals surface area contributed by atoms with Gasteiger partial charge in [0, 0.05) is 91.3 Å². The number of halogens is 2. The third-order valence-corrected chi connectivity index (χ3v) is 15.6. The number of nitrogens with one attached hydrogen (secondary N) is 2. The molecule has 74 heavy (non-hydrogen) atoms. The van der Waals surface area contributed by atoms with Crippen molar-refractivity contribution < 1.29 is 18.3 Å². The van der Waals surface area contributed by atoms with E-state index in [9.17, 15) is 20.1 Å². The second-order valence-corrected chi connectivity index (χ2v) is 21.8. The summed E-state index contributed by atoms with van der Waals surface area (Å²) in [5.41, 5.74) is 4.45. The van der Waals surface area contributed by atoms with Crippen molar-refractivity contribution in [2.24, 2.45) is 0 Å². The molecule has 3 atom stereocenters. The zero-order chi connectivity index (χ0) is 52.8. The van der Waals surface area contributed by atoms with Gasteiger partial charge < -0.3 is 38.4 Å². The molecule has 10 rings (SSSR count). The Morgan fingerprint density at radius 3 is 1.59 bits per heavy atom. The second-order valence-electron chi connectivity index (χ2n) is 21.8. The van der Waals surface area contributed by atoms with E-state index in [0.29, 0.717) is 122 Å². The van der Waals surface area contributed by atoms with Gasteiger partial charge in [-0.15, -0.1) is 0 Å². The molecule has 0 saturated carbocycles. The Labute approximate surface area is 429 Å². The Hall–Kier alpha value is -7.14. The lowest BCUT2D eigenvalue weighted by Crippen LogP contribution is -2.56. The Kier molecular flexibility index (Phi) is 13.1. The predicted octanol–water partition coefficient (Wildman–Crippen LogP) is 10.8. The number of nitriles is 2. The molecule has 0 bridgehead atoms. The summed E-state index contributed by atoms with van der Waals surface area (Å²) in [6, 6.07) is 18.4. The van der Waals surface area contributed by atoms with Gasteiger partial charge in [0.1, 0.15) is 11.3 Å². The number of aromatic amines is 2. The van der Waals surface area contributed by atoms with Crippen LogP contribution in [0.15, 0.2) is 58.1 Å². The van der Waals surface area contributed by atoms with Gasteiger partial charge in [-0.1, -0.05) is 12.1 Å². The highest BCUT2D eigenvalue weighted by Crippen LogP contribution is 2.43. The smallest absolute Gasteiger partial charge is 0.202 e. The standard InChI is InChI=1S/C58H66F2N10O4/c1-30(2)66-18-20-67(21-19-66)45-24-43-50(54(72)48-40-17-14-37(27-62)23-42(40)63-57(48)69(43)31(3)4)52(60)56(45)74-35(10)12-15-38-29-68(28-34(9)65(38)11)46-25-44-49(51(59)55(46)73-33(7)8)53(71)47-39-16-13-36(26-61)22-41(39)64-58(47)70(44)32(5)6/h13-14,16-17,22-25,30-35,38,63-64H,12,15,18-21,28-29H2,1-11H3/t34-,35?,38+/m0/s1. The van der Waals surface area contributed by atoms with Crippen LogP contribution in [0.1, 0.15) is 105 Å². The number of hydrogen-bond donors (Lipinski definition) is 2. The second kappa shape index (κ2) is 19.3. The number of likely N-dealkylation sites (N-methyl/N-ethyl adjacent to an activating group) is 1. The van der Waals surface area contributed by atoms with Crippen molar-refractivity contribution in [1.82, 2.24) is 28.9 Å². The first-order valence-corrected chi connectivity index (χ1v) is 26.1. The van der Waals surface area contributed by atoms with Crippen molar-refractivity contribution in [3.63, 3.8) is 0 Å². The van der Waals surface area contributed by atoms with Crippen LogP contribution < -0.4 is 30.1 Å². The molecule has 2 N–H and O–H groups in total. The largest absolute Gasteiger partial charge is 0.486 e. The summed E-state index contributed by atoms with van der Waals surface area (Å²) in [7, 11) is 2.09. The Bertz CT molecular complexity index is 3750. The number of hydrogen-bond acceptors (Lipinski definition) is 10. The number of H-pyrrole nitrogens is 2. The molecule has 14 nitrogen and oxygen atoms in total. The predicted molar refractivity (Wildman–Crippen MR) is 292 cm³/mol. The maximum Gasteiger partial charge on any atom is 0.202 e. The molecule has 0 radical (unpaired) electrons. The fourth-order valence-electron chi connectivity index (χ4n) is 11.8. The zero-order valence-corrected chi connectivity index (χ0v) is 44.3. The van der Waals surface area contributed by atoms with Gasteiger partial charge in [0.2, 0.25) is 10.9 Å². The summed E-state index contributed by atoms with van der Waals surface area (Å²) in [5.74, 6) is -1.32. The van der Waals surface area contributed by atoms with Crippen molar-refractivity contribution >= 4 is 77.1 Å². The number of aromatic nitrogens is 4. The molecule has 2 aliphatic rings. The van der Waals surface area contributed by atoms with Crippen LogP contribution in [-0.2, 0) is 0 Å². The van der Waals surface area contributed by atoms with Crippen LogP contribution in [0.25, 0.3) is 65.7 Å².